The Bertz CT molecular complexity index is 540. The van der Waals surface area contributed by atoms with Gasteiger partial charge in [0.15, 0.2) is 5.65 Å². The molecule has 1 atom stereocenters. The molecule has 0 fully saturated rings. The van der Waals surface area contributed by atoms with Crippen molar-refractivity contribution in [2.75, 3.05) is 0 Å². The molecular weight excluding hydrogens is 196 g/mol. The minimum Gasteiger partial charge on any atom is -0.326 e. The van der Waals surface area contributed by atoms with E-state index in [4.69, 9.17) is 5.73 Å². The molecule has 0 saturated carbocycles. The summed E-state index contributed by atoms with van der Waals surface area (Å²) in [6, 6.07) is -0.133. The van der Waals surface area contributed by atoms with Crippen molar-refractivity contribution in [2.45, 2.75) is 19.5 Å². The van der Waals surface area contributed by atoms with Crippen molar-refractivity contribution < 1.29 is 0 Å². The van der Waals surface area contributed by atoms with Crippen LogP contribution in [-0.2, 0) is 13.6 Å². The van der Waals surface area contributed by atoms with Crippen LogP contribution in [0.15, 0.2) is 11.0 Å². The Labute approximate surface area is 85.5 Å². The maximum atomic E-state index is 11.8. The lowest BCUT2D eigenvalue weighted by atomic mass is 10.3. The average molecular weight is 208 g/mol. The topological polar surface area (TPSA) is 91.6 Å². The number of aryl methyl sites for hydroxylation is 1. The van der Waals surface area contributed by atoms with E-state index in [9.17, 15) is 4.79 Å². The van der Waals surface area contributed by atoms with Gasteiger partial charge in [-0.3, -0.25) is 4.79 Å². The fourth-order valence-electron chi connectivity index (χ4n) is 1.37. The second-order valence-corrected chi connectivity index (χ2v) is 3.56. The normalized spacial score (nSPS) is 13.3. The molecule has 0 radical (unpaired) electrons. The first-order valence-electron chi connectivity index (χ1n) is 4.60. The van der Waals surface area contributed by atoms with E-state index in [1.54, 1.807) is 7.05 Å². The van der Waals surface area contributed by atoms with Gasteiger partial charge in [-0.2, -0.15) is 5.10 Å². The molecule has 0 unspecified atom stereocenters. The lowest BCUT2D eigenvalue weighted by molar-refractivity contribution is 0.493. The fourth-order valence-corrected chi connectivity index (χ4v) is 1.37. The molecular formula is C8H12N6O. The van der Waals surface area contributed by atoms with Gasteiger partial charge in [0.2, 0.25) is 0 Å². The zero-order valence-corrected chi connectivity index (χ0v) is 8.58. The van der Waals surface area contributed by atoms with Crippen molar-refractivity contribution in [1.29, 1.82) is 0 Å². The molecule has 0 aromatic carbocycles. The third kappa shape index (κ3) is 1.61. The van der Waals surface area contributed by atoms with E-state index in [1.807, 2.05) is 6.92 Å². The van der Waals surface area contributed by atoms with Crippen molar-refractivity contribution in [1.82, 2.24) is 24.8 Å². The Hall–Kier alpha value is -1.76. The molecule has 2 aromatic heterocycles. The highest BCUT2D eigenvalue weighted by Crippen LogP contribution is 2.01. The molecule has 2 N–H and O–H groups in total. The van der Waals surface area contributed by atoms with Gasteiger partial charge in [0.1, 0.15) is 5.39 Å². The Morgan fingerprint density at radius 2 is 2.33 bits per heavy atom. The van der Waals surface area contributed by atoms with Crippen LogP contribution in [0.5, 0.6) is 0 Å². The van der Waals surface area contributed by atoms with Crippen LogP contribution in [0, 0.1) is 0 Å². The Morgan fingerprint density at radius 1 is 1.60 bits per heavy atom. The van der Waals surface area contributed by atoms with E-state index < -0.39 is 0 Å². The van der Waals surface area contributed by atoms with Crippen molar-refractivity contribution in [3.05, 3.63) is 16.6 Å². The summed E-state index contributed by atoms with van der Waals surface area (Å²) in [5.74, 6) is 0. The summed E-state index contributed by atoms with van der Waals surface area (Å²) in [6.45, 7) is 2.16. The molecule has 0 aliphatic carbocycles. The Balaban J connectivity index is 2.61. The Morgan fingerprint density at radius 3 is 3.00 bits per heavy atom. The SMILES string of the molecule is C[C@H](N)Cn1nnc2c(cnn2C)c1=O. The number of nitrogens with two attached hydrogens (primary N) is 1. The van der Waals surface area contributed by atoms with Gasteiger partial charge < -0.3 is 5.73 Å². The maximum absolute atomic E-state index is 11.8. The predicted molar refractivity (Wildman–Crippen MR) is 54.2 cm³/mol. The van der Waals surface area contributed by atoms with Crippen LogP contribution in [0.1, 0.15) is 6.92 Å². The number of rotatable bonds is 2. The number of nitrogens with zero attached hydrogens (tertiary/aromatic N) is 5. The number of fused-ring (bicyclic) bond motifs is 1. The zero-order chi connectivity index (χ0) is 11.0. The first-order chi connectivity index (χ1) is 7.09. The third-order valence-corrected chi connectivity index (χ3v) is 2.08. The van der Waals surface area contributed by atoms with E-state index in [0.29, 0.717) is 17.6 Å². The van der Waals surface area contributed by atoms with Crippen LogP contribution in [0.25, 0.3) is 11.0 Å². The standard InChI is InChI=1S/C8H12N6O/c1-5(9)4-14-8(15)6-3-10-13(2)7(6)11-12-14/h3,5H,4,9H2,1-2H3/t5-/m0/s1. The smallest absolute Gasteiger partial charge is 0.280 e. The molecule has 0 aliphatic rings. The summed E-state index contributed by atoms with van der Waals surface area (Å²) in [4.78, 5) is 11.8. The molecule has 0 amide bonds. The van der Waals surface area contributed by atoms with Gasteiger partial charge >= 0.3 is 0 Å². The summed E-state index contributed by atoms with van der Waals surface area (Å²) in [6.07, 6.45) is 1.49. The molecule has 0 saturated heterocycles. The van der Waals surface area contributed by atoms with Crippen LogP contribution in [0.2, 0.25) is 0 Å². The summed E-state index contributed by atoms with van der Waals surface area (Å²) in [7, 11) is 1.71. The van der Waals surface area contributed by atoms with E-state index >= 15 is 0 Å². The molecule has 0 aliphatic heterocycles. The molecule has 0 bridgehead atoms. The number of aromatic nitrogens is 5. The van der Waals surface area contributed by atoms with Crippen molar-refractivity contribution >= 4 is 11.0 Å². The van der Waals surface area contributed by atoms with Crippen LogP contribution >= 0.6 is 0 Å². The van der Waals surface area contributed by atoms with Crippen LogP contribution in [-0.4, -0.2) is 30.8 Å². The first kappa shape index (κ1) is 9.78. The number of hydrogen-bond donors (Lipinski definition) is 1. The second kappa shape index (κ2) is 3.43. The van der Waals surface area contributed by atoms with E-state index in [-0.39, 0.29) is 11.6 Å². The molecule has 7 heteroatoms. The highest BCUT2D eigenvalue weighted by atomic mass is 16.1. The van der Waals surface area contributed by atoms with Crippen LogP contribution in [0.3, 0.4) is 0 Å². The van der Waals surface area contributed by atoms with Crippen molar-refractivity contribution in [2.24, 2.45) is 12.8 Å². The molecule has 2 aromatic rings. The first-order valence-corrected chi connectivity index (χ1v) is 4.60. The van der Waals surface area contributed by atoms with E-state index in [0.717, 1.165) is 0 Å². The molecule has 2 heterocycles. The summed E-state index contributed by atoms with van der Waals surface area (Å²) in [5.41, 5.74) is 5.88. The van der Waals surface area contributed by atoms with Crippen LogP contribution in [0.4, 0.5) is 0 Å². The summed E-state index contributed by atoms with van der Waals surface area (Å²) < 4.78 is 2.77. The van der Waals surface area contributed by atoms with E-state index in [2.05, 4.69) is 15.4 Å². The van der Waals surface area contributed by atoms with Crippen molar-refractivity contribution in [3.8, 4) is 0 Å². The largest absolute Gasteiger partial charge is 0.326 e. The lowest BCUT2D eigenvalue weighted by Gasteiger charge is -2.05. The monoisotopic (exact) mass is 208 g/mol. The summed E-state index contributed by atoms with van der Waals surface area (Å²) in [5, 5.41) is 12.1. The summed E-state index contributed by atoms with van der Waals surface area (Å²) >= 11 is 0. The predicted octanol–water partition coefficient (Wildman–Crippen LogP) is -1.13. The van der Waals surface area contributed by atoms with E-state index in [1.165, 1.54) is 15.6 Å². The van der Waals surface area contributed by atoms with Gasteiger partial charge in [0, 0.05) is 13.1 Å². The lowest BCUT2D eigenvalue weighted by Crippen LogP contribution is -2.32. The molecule has 15 heavy (non-hydrogen) atoms. The molecule has 2 rings (SSSR count). The van der Waals surface area contributed by atoms with Gasteiger partial charge in [-0.05, 0) is 6.92 Å². The molecule has 80 valence electrons. The van der Waals surface area contributed by atoms with Gasteiger partial charge in [-0.25, -0.2) is 9.36 Å². The fraction of sp³-hybridized carbons (Fsp3) is 0.500. The quantitative estimate of drug-likeness (QED) is 0.674. The maximum Gasteiger partial charge on any atom is 0.280 e. The molecule has 0 spiro atoms. The minimum absolute atomic E-state index is 0.133. The van der Waals surface area contributed by atoms with Gasteiger partial charge in [-0.15, -0.1) is 5.10 Å². The highest BCUT2D eigenvalue weighted by Gasteiger charge is 2.09. The van der Waals surface area contributed by atoms with Gasteiger partial charge in [-0.1, -0.05) is 5.21 Å². The molecule has 7 nitrogen and oxygen atoms in total. The van der Waals surface area contributed by atoms with Crippen LogP contribution < -0.4 is 11.3 Å². The minimum atomic E-state index is -0.203. The average Bonchev–Trinajstić information content (AvgIpc) is 2.53. The zero-order valence-electron chi connectivity index (χ0n) is 8.58. The highest BCUT2D eigenvalue weighted by molar-refractivity contribution is 5.72. The van der Waals surface area contributed by atoms with Gasteiger partial charge in [0.05, 0.1) is 12.7 Å². The third-order valence-electron chi connectivity index (χ3n) is 2.08. The van der Waals surface area contributed by atoms with Gasteiger partial charge in [0.25, 0.3) is 5.56 Å². The number of hydrogen-bond acceptors (Lipinski definition) is 5. The second-order valence-electron chi connectivity index (χ2n) is 3.56. The Kier molecular flexibility index (Phi) is 2.24. The van der Waals surface area contributed by atoms with Crippen molar-refractivity contribution in [3.63, 3.8) is 0 Å².